The number of ketones is 1. The van der Waals surface area contributed by atoms with E-state index in [0.717, 1.165) is 16.7 Å². The Morgan fingerprint density at radius 3 is 2.48 bits per heavy atom. The third-order valence-corrected chi connectivity index (χ3v) is 3.68. The monoisotopic (exact) mass is 286 g/mol. The standard InChI is InChI=1S/C17H18O4/c1-10-15-6-5-14(20-3)8-12(15)7-13(17(19)21-4)9-16(10)11(2)18/h5-8H,9H2,1-4H3. The van der Waals surface area contributed by atoms with Crippen LogP contribution in [0.15, 0.2) is 29.3 Å². The minimum absolute atomic E-state index is 0.0361. The van der Waals surface area contributed by atoms with E-state index >= 15 is 0 Å². The second-order valence-electron chi connectivity index (χ2n) is 4.95. The Hall–Kier alpha value is -2.36. The van der Waals surface area contributed by atoms with Crippen LogP contribution in [0.3, 0.4) is 0 Å². The van der Waals surface area contributed by atoms with E-state index in [1.165, 1.54) is 14.0 Å². The molecule has 4 nitrogen and oxygen atoms in total. The van der Waals surface area contributed by atoms with Gasteiger partial charge in [-0.2, -0.15) is 0 Å². The molecule has 0 fully saturated rings. The minimum atomic E-state index is -0.419. The first kappa shape index (κ1) is 15.0. The Morgan fingerprint density at radius 2 is 1.90 bits per heavy atom. The fraction of sp³-hybridized carbons (Fsp3) is 0.294. The second kappa shape index (κ2) is 5.95. The van der Waals surface area contributed by atoms with Crippen molar-refractivity contribution >= 4 is 23.4 Å². The molecule has 0 aromatic heterocycles. The van der Waals surface area contributed by atoms with Crippen LogP contribution in [0.25, 0.3) is 11.6 Å². The number of carbonyl (C=O) groups excluding carboxylic acids is 2. The van der Waals surface area contributed by atoms with E-state index in [1.54, 1.807) is 13.2 Å². The van der Waals surface area contributed by atoms with Crippen molar-refractivity contribution in [3.63, 3.8) is 0 Å². The molecule has 4 heteroatoms. The van der Waals surface area contributed by atoms with Crippen molar-refractivity contribution in [2.24, 2.45) is 0 Å². The van der Waals surface area contributed by atoms with Crippen LogP contribution in [0.5, 0.6) is 5.75 Å². The van der Waals surface area contributed by atoms with Gasteiger partial charge in [-0.3, -0.25) is 4.79 Å². The summed E-state index contributed by atoms with van der Waals surface area (Å²) >= 11 is 0. The third-order valence-electron chi connectivity index (χ3n) is 3.68. The van der Waals surface area contributed by atoms with Gasteiger partial charge in [0.2, 0.25) is 0 Å². The molecule has 1 aromatic rings. The summed E-state index contributed by atoms with van der Waals surface area (Å²) in [6.07, 6.45) is 2.05. The van der Waals surface area contributed by atoms with Crippen molar-refractivity contribution in [3.05, 3.63) is 40.5 Å². The SMILES string of the molecule is COC(=O)C1=Cc2cc(OC)ccc2C(C)=C(C(C)=O)C1. The molecule has 0 spiro atoms. The molecule has 0 aliphatic heterocycles. The molecule has 0 N–H and O–H groups in total. The number of allylic oxidation sites excluding steroid dienone is 2. The summed E-state index contributed by atoms with van der Waals surface area (Å²) in [6, 6.07) is 5.60. The Morgan fingerprint density at radius 1 is 1.19 bits per heavy atom. The lowest BCUT2D eigenvalue weighted by Gasteiger charge is -2.10. The second-order valence-corrected chi connectivity index (χ2v) is 4.95. The van der Waals surface area contributed by atoms with Crippen LogP contribution in [0.2, 0.25) is 0 Å². The quantitative estimate of drug-likeness (QED) is 0.801. The molecule has 0 bridgehead atoms. The average molecular weight is 286 g/mol. The summed E-state index contributed by atoms with van der Waals surface area (Å²) in [5.41, 5.74) is 3.77. The smallest absolute Gasteiger partial charge is 0.334 e. The number of methoxy groups -OCH3 is 2. The zero-order valence-corrected chi connectivity index (χ0v) is 12.6. The van der Waals surface area contributed by atoms with Gasteiger partial charge in [0.05, 0.1) is 14.2 Å². The van der Waals surface area contributed by atoms with E-state index in [1.807, 2.05) is 25.1 Å². The van der Waals surface area contributed by atoms with Crippen LogP contribution >= 0.6 is 0 Å². The lowest BCUT2D eigenvalue weighted by Crippen LogP contribution is -2.08. The predicted molar refractivity (Wildman–Crippen MR) is 80.9 cm³/mol. The number of rotatable bonds is 3. The number of ether oxygens (including phenoxy) is 2. The zero-order valence-electron chi connectivity index (χ0n) is 12.6. The lowest BCUT2D eigenvalue weighted by molar-refractivity contribution is -0.136. The molecule has 1 aliphatic carbocycles. The van der Waals surface area contributed by atoms with Crippen LogP contribution in [0.1, 0.15) is 31.4 Å². The first-order chi connectivity index (χ1) is 9.97. The van der Waals surface area contributed by atoms with Crippen LogP contribution < -0.4 is 4.74 Å². The summed E-state index contributed by atoms with van der Waals surface area (Å²) in [4.78, 5) is 23.8. The normalized spacial score (nSPS) is 14.0. The molecule has 110 valence electrons. The van der Waals surface area contributed by atoms with Crippen molar-refractivity contribution < 1.29 is 19.1 Å². The molecule has 0 atom stereocenters. The van der Waals surface area contributed by atoms with E-state index in [-0.39, 0.29) is 12.2 Å². The predicted octanol–water partition coefficient (Wildman–Crippen LogP) is 3.02. The number of Topliss-reactive ketones (excluding diaryl/α,β-unsaturated/α-hetero) is 1. The summed E-state index contributed by atoms with van der Waals surface area (Å²) in [5, 5.41) is 0. The van der Waals surface area contributed by atoms with Gasteiger partial charge in [0.1, 0.15) is 5.75 Å². The van der Waals surface area contributed by atoms with E-state index in [0.29, 0.717) is 16.9 Å². The van der Waals surface area contributed by atoms with Gasteiger partial charge in [0.25, 0.3) is 0 Å². The fourth-order valence-corrected chi connectivity index (χ4v) is 2.50. The molecule has 0 unspecified atom stereocenters. The Labute approximate surface area is 124 Å². The third kappa shape index (κ3) is 2.89. The van der Waals surface area contributed by atoms with E-state index in [4.69, 9.17) is 9.47 Å². The van der Waals surface area contributed by atoms with Gasteiger partial charge in [0, 0.05) is 17.6 Å². The van der Waals surface area contributed by atoms with Gasteiger partial charge in [0.15, 0.2) is 5.78 Å². The number of benzene rings is 1. The molecule has 2 rings (SSSR count). The number of fused-ring (bicyclic) bond motifs is 1. The maximum Gasteiger partial charge on any atom is 0.334 e. The molecular formula is C17H18O4. The molecule has 1 aromatic carbocycles. The van der Waals surface area contributed by atoms with Crippen molar-refractivity contribution in [1.82, 2.24) is 0 Å². The molecule has 1 aliphatic rings. The highest BCUT2D eigenvalue weighted by Gasteiger charge is 2.22. The van der Waals surface area contributed by atoms with Crippen LogP contribution in [-0.4, -0.2) is 26.0 Å². The molecular weight excluding hydrogens is 268 g/mol. The lowest BCUT2D eigenvalue weighted by atomic mass is 9.95. The first-order valence-corrected chi connectivity index (χ1v) is 6.66. The van der Waals surface area contributed by atoms with Gasteiger partial charge in [-0.25, -0.2) is 4.79 Å². The van der Waals surface area contributed by atoms with Crippen LogP contribution in [0, 0.1) is 0 Å². The highest BCUT2D eigenvalue weighted by molar-refractivity contribution is 6.06. The van der Waals surface area contributed by atoms with E-state index < -0.39 is 5.97 Å². The minimum Gasteiger partial charge on any atom is -0.497 e. The van der Waals surface area contributed by atoms with Gasteiger partial charge >= 0.3 is 5.97 Å². The van der Waals surface area contributed by atoms with Gasteiger partial charge in [-0.15, -0.1) is 0 Å². The van der Waals surface area contributed by atoms with Gasteiger partial charge < -0.3 is 9.47 Å². The largest absolute Gasteiger partial charge is 0.497 e. The number of carbonyl (C=O) groups is 2. The summed E-state index contributed by atoms with van der Waals surface area (Å²) in [5.74, 6) is 0.247. The molecule has 0 amide bonds. The van der Waals surface area contributed by atoms with Crippen molar-refractivity contribution in [1.29, 1.82) is 0 Å². The summed E-state index contributed by atoms with van der Waals surface area (Å²) in [7, 11) is 2.93. The van der Waals surface area contributed by atoms with Crippen molar-refractivity contribution in [2.75, 3.05) is 14.2 Å². The molecule has 0 heterocycles. The highest BCUT2D eigenvalue weighted by atomic mass is 16.5. The summed E-state index contributed by atoms with van der Waals surface area (Å²) in [6.45, 7) is 3.42. The maximum absolute atomic E-state index is 11.9. The van der Waals surface area contributed by atoms with E-state index in [9.17, 15) is 9.59 Å². The van der Waals surface area contributed by atoms with Gasteiger partial charge in [-0.05, 0) is 48.8 Å². The molecule has 0 saturated carbocycles. The Bertz CT molecular complexity index is 665. The average Bonchev–Trinajstić information content (AvgIpc) is 2.63. The van der Waals surface area contributed by atoms with Crippen LogP contribution in [-0.2, 0) is 14.3 Å². The molecule has 0 radical (unpaired) electrons. The fourth-order valence-electron chi connectivity index (χ4n) is 2.50. The highest BCUT2D eigenvalue weighted by Crippen LogP contribution is 2.34. The zero-order chi connectivity index (χ0) is 15.6. The maximum atomic E-state index is 11.9. The van der Waals surface area contributed by atoms with E-state index in [2.05, 4.69) is 0 Å². The molecule has 0 saturated heterocycles. The Kier molecular flexibility index (Phi) is 4.26. The first-order valence-electron chi connectivity index (χ1n) is 6.66. The number of esters is 1. The van der Waals surface area contributed by atoms with Crippen molar-refractivity contribution in [2.45, 2.75) is 20.3 Å². The number of hydrogen-bond donors (Lipinski definition) is 0. The molecule has 21 heavy (non-hydrogen) atoms. The summed E-state index contributed by atoms with van der Waals surface area (Å²) < 4.78 is 10.0. The van der Waals surface area contributed by atoms with Gasteiger partial charge in [-0.1, -0.05) is 6.07 Å². The van der Waals surface area contributed by atoms with Crippen LogP contribution in [0.4, 0.5) is 0 Å². The van der Waals surface area contributed by atoms with Crippen molar-refractivity contribution in [3.8, 4) is 5.75 Å². The number of hydrogen-bond acceptors (Lipinski definition) is 4. The Balaban J connectivity index is 2.69. The topological polar surface area (TPSA) is 52.6 Å².